The summed E-state index contributed by atoms with van der Waals surface area (Å²) in [5.74, 6) is 0. The fourth-order valence-electron chi connectivity index (χ4n) is 3.70. The topological polar surface area (TPSA) is 89.3 Å². The van der Waals surface area contributed by atoms with Crippen LogP contribution in [0.2, 0.25) is 0 Å². The van der Waals surface area contributed by atoms with Crippen LogP contribution in [0.15, 0.2) is 73.1 Å². The van der Waals surface area contributed by atoms with Gasteiger partial charge >= 0.3 is 6.18 Å². The Bertz CT molecular complexity index is 1580. The largest absolute Gasteiger partial charge is 0.416 e. The van der Waals surface area contributed by atoms with Crippen molar-refractivity contribution in [2.45, 2.75) is 6.18 Å². The number of para-hydroxylation sites is 1. The third kappa shape index (κ3) is 4.50. The second-order valence-electron chi connectivity index (χ2n) is 7.61. The van der Waals surface area contributed by atoms with Gasteiger partial charge in [0.05, 0.1) is 34.8 Å². The van der Waals surface area contributed by atoms with E-state index in [0.29, 0.717) is 26.0 Å². The lowest BCUT2D eigenvalue weighted by Gasteiger charge is -2.22. The predicted octanol–water partition coefficient (Wildman–Crippen LogP) is 4.44. The molecule has 0 bridgehead atoms. The van der Waals surface area contributed by atoms with Crippen molar-refractivity contribution in [2.24, 2.45) is 0 Å². The first-order valence-corrected chi connectivity index (χ1v) is 13.4. The SMILES string of the molecule is CS(=O)(=O)N(c1ccccc1-c1cccc(-n2cnc3cc(C(F)(F)F)ccc32)c1)S(C)(=O)=O. The van der Waals surface area contributed by atoms with Crippen LogP contribution in [-0.4, -0.2) is 38.9 Å². The summed E-state index contributed by atoms with van der Waals surface area (Å²) in [6.45, 7) is 0. The van der Waals surface area contributed by atoms with Crippen LogP contribution < -0.4 is 3.71 Å². The molecule has 0 amide bonds. The fraction of sp³-hybridized carbons (Fsp3) is 0.136. The third-order valence-electron chi connectivity index (χ3n) is 5.01. The van der Waals surface area contributed by atoms with Crippen molar-refractivity contribution in [2.75, 3.05) is 16.2 Å². The van der Waals surface area contributed by atoms with E-state index in [0.717, 1.165) is 24.6 Å². The van der Waals surface area contributed by atoms with Gasteiger partial charge in [0.1, 0.15) is 6.33 Å². The van der Waals surface area contributed by atoms with Gasteiger partial charge in [0.15, 0.2) is 0 Å². The fourth-order valence-corrected chi connectivity index (χ4v) is 6.70. The van der Waals surface area contributed by atoms with E-state index < -0.39 is 31.8 Å². The number of nitrogens with zero attached hydrogens (tertiary/aromatic N) is 3. The molecule has 0 atom stereocenters. The van der Waals surface area contributed by atoms with Crippen LogP contribution in [0.3, 0.4) is 0 Å². The van der Waals surface area contributed by atoms with Crippen LogP contribution in [0.4, 0.5) is 18.9 Å². The second kappa shape index (κ2) is 8.13. The monoisotopic (exact) mass is 509 g/mol. The Morgan fingerprint density at radius 3 is 2.18 bits per heavy atom. The second-order valence-corrected chi connectivity index (χ2v) is 11.5. The van der Waals surface area contributed by atoms with Gasteiger partial charge < -0.3 is 0 Å². The van der Waals surface area contributed by atoms with Crippen LogP contribution in [0, 0.1) is 0 Å². The third-order valence-corrected chi connectivity index (χ3v) is 8.24. The molecule has 1 aromatic heterocycles. The number of rotatable bonds is 5. The van der Waals surface area contributed by atoms with Gasteiger partial charge in [0.2, 0.25) is 20.0 Å². The Morgan fingerprint density at radius 1 is 0.853 bits per heavy atom. The zero-order chi connectivity index (χ0) is 24.9. The van der Waals surface area contributed by atoms with Crippen molar-refractivity contribution in [1.29, 1.82) is 0 Å². The molecule has 4 aromatic rings. The predicted molar refractivity (Wildman–Crippen MR) is 124 cm³/mol. The molecule has 3 aromatic carbocycles. The zero-order valence-electron chi connectivity index (χ0n) is 17.9. The summed E-state index contributed by atoms with van der Waals surface area (Å²) in [5, 5.41) is 0. The first-order chi connectivity index (χ1) is 15.8. The van der Waals surface area contributed by atoms with E-state index in [9.17, 15) is 30.0 Å². The number of imidazole rings is 1. The summed E-state index contributed by atoms with van der Waals surface area (Å²) in [5.41, 5.74) is 1.11. The number of anilines is 1. The van der Waals surface area contributed by atoms with Crippen molar-refractivity contribution in [1.82, 2.24) is 9.55 Å². The number of hydrogen-bond acceptors (Lipinski definition) is 5. The van der Waals surface area contributed by atoms with E-state index in [2.05, 4.69) is 4.98 Å². The summed E-state index contributed by atoms with van der Waals surface area (Å²) < 4.78 is 90.3. The lowest BCUT2D eigenvalue weighted by Crippen LogP contribution is -2.35. The number of aromatic nitrogens is 2. The van der Waals surface area contributed by atoms with Gasteiger partial charge in [-0.3, -0.25) is 4.57 Å². The number of hydrogen-bond donors (Lipinski definition) is 0. The summed E-state index contributed by atoms with van der Waals surface area (Å²) in [6.07, 6.45) is -1.51. The molecular weight excluding hydrogens is 491 g/mol. The molecule has 0 aliphatic carbocycles. The lowest BCUT2D eigenvalue weighted by molar-refractivity contribution is -0.137. The molecule has 0 radical (unpaired) electrons. The van der Waals surface area contributed by atoms with E-state index in [1.54, 1.807) is 41.0 Å². The Morgan fingerprint density at radius 2 is 1.53 bits per heavy atom. The minimum atomic E-state index is -4.49. The first kappa shape index (κ1) is 23.8. The average molecular weight is 510 g/mol. The van der Waals surface area contributed by atoms with Crippen molar-refractivity contribution >= 4 is 36.8 Å². The van der Waals surface area contributed by atoms with Gasteiger partial charge in [0, 0.05) is 11.3 Å². The quantitative estimate of drug-likeness (QED) is 0.397. The van der Waals surface area contributed by atoms with E-state index >= 15 is 0 Å². The normalized spacial score (nSPS) is 12.7. The van der Waals surface area contributed by atoms with Gasteiger partial charge in [-0.25, -0.2) is 21.8 Å². The Hall–Kier alpha value is -3.38. The Labute approximate surface area is 194 Å². The number of halogens is 3. The molecule has 0 aliphatic rings. The molecule has 0 N–H and O–H groups in total. The molecule has 34 heavy (non-hydrogen) atoms. The molecule has 1 heterocycles. The van der Waals surface area contributed by atoms with Gasteiger partial charge in [-0.1, -0.05) is 30.3 Å². The first-order valence-electron chi connectivity index (χ1n) is 9.71. The molecule has 0 unspecified atom stereocenters. The minimum Gasteiger partial charge on any atom is -0.299 e. The van der Waals surface area contributed by atoms with E-state index in [1.807, 2.05) is 0 Å². The van der Waals surface area contributed by atoms with Gasteiger partial charge in [-0.2, -0.15) is 16.9 Å². The molecule has 0 spiro atoms. The summed E-state index contributed by atoms with van der Waals surface area (Å²) in [7, 11) is -8.33. The molecule has 12 heteroatoms. The maximum absolute atomic E-state index is 13.0. The summed E-state index contributed by atoms with van der Waals surface area (Å²) >= 11 is 0. The molecule has 0 aliphatic heterocycles. The van der Waals surface area contributed by atoms with Crippen LogP contribution in [0.25, 0.3) is 27.8 Å². The zero-order valence-corrected chi connectivity index (χ0v) is 19.5. The number of fused-ring (bicyclic) bond motifs is 1. The number of sulfonamides is 2. The van der Waals surface area contributed by atoms with E-state index in [4.69, 9.17) is 0 Å². The van der Waals surface area contributed by atoms with Crippen LogP contribution in [-0.2, 0) is 26.2 Å². The average Bonchev–Trinajstić information content (AvgIpc) is 3.15. The van der Waals surface area contributed by atoms with Crippen molar-refractivity contribution in [3.63, 3.8) is 0 Å². The van der Waals surface area contributed by atoms with E-state index in [1.165, 1.54) is 24.5 Å². The summed E-state index contributed by atoms with van der Waals surface area (Å²) in [4.78, 5) is 4.08. The van der Waals surface area contributed by atoms with Crippen LogP contribution in [0.5, 0.6) is 0 Å². The maximum atomic E-state index is 13.0. The Kier molecular flexibility index (Phi) is 5.68. The molecule has 0 saturated carbocycles. The highest BCUT2D eigenvalue weighted by molar-refractivity contribution is 8.09. The molecule has 178 valence electrons. The van der Waals surface area contributed by atoms with Gasteiger partial charge in [-0.15, -0.1) is 0 Å². The van der Waals surface area contributed by atoms with Crippen LogP contribution in [0.1, 0.15) is 5.56 Å². The van der Waals surface area contributed by atoms with Crippen LogP contribution >= 0.6 is 0 Å². The molecule has 7 nitrogen and oxygen atoms in total. The highest BCUT2D eigenvalue weighted by Crippen LogP contribution is 2.35. The highest BCUT2D eigenvalue weighted by Gasteiger charge is 2.31. The highest BCUT2D eigenvalue weighted by atomic mass is 32.3. The number of alkyl halides is 3. The smallest absolute Gasteiger partial charge is 0.299 e. The Balaban J connectivity index is 1.86. The lowest BCUT2D eigenvalue weighted by atomic mass is 10.0. The maximum Gasteiger partial charge on any atom is 0.416 e. The van der Waals surface area contributed by atoms with Gasteiger partial charge in [-0.05, 0) is 42.0 Å². The summed E-state index contributed by atoms with van der Waals surface area (Å²) in [6, 6.07) is 16.1. The number of benzene rings is 3. The molecule has 4 rings (SSSR count). The molecule has 0 saturated heterocycles. The minimum absolute atomic E-state index is 0.0463. The van der Waals surface area contributed by atoms with Crippen molar-refractivity contribution < 1.29 is 30.0 Å². The molecular formula is C22H18F3N3O4S2. The van der Waals surface area contributed by atoms with Gasteiger partial charge in [0.25, 0.3) is 0 Å². The van der Waals surface area contributed by atoms with E-state index in [-0.39, 0.29) is 11.2 Å². The molecule has 0 fully saturated rings. The van der Waals surface area contributed by atoms with Crippen molar-refractivity contribution in [3.05, 3.63) is 78.6 Å². The van der Waals surface area contributed by atoms with Crippen molar-refractivity contribution in [3.8, 4) is 16.8 Å². The standard InChI is InChI=1S/C22H18F3N3O4S2/c1-33(29,30)28(34(2,31)32)20-9-4-3-8-18(20)15-6-5-7-17(12-15)27-14-26-19-13-16(22(23,24)25)10-11-21(19)27/h3-14H,1-2H3.